The number of ether oxygens (including phenoxy) is 1. The zero-order valence-electron chi connectivity index (χ0n) is 16.3. The third kappa shape index (κ3) is 3.83. The second-order valence-corrected chi connectivity index (χ2v) is 8.21. The van der Waals surface area contributed by atoms with Crippen LogP contribution in [0.15, 0.2) is 46.2 Å². The highest BCUT2D eigenvalue weighted by molar-refractivity contribution is 7.13. The van der Waals surface area contributed by atoms with Crippen LogP contribution in [-0.4, -0.2) is 28.9 Å². The largest absolute Gasteiger partial charge is 0.497 e. The number of oxazole rings is 1. The van der Waals surface area contributed by atoms with Crippen LogP contribution >= 0.6 is 11.3 Å². The number of methoxy groups -OCH3 is 1. The first kappa shape index (κ1) is 18.7. The summed E-state index contributed by atoms with van der Waals surface area (Å²) in [5.74, 6) is 2.38. The second-order valence-electron chi connectivity index (χ2n) is 7.26. The van der Waals surface area contributed by atoms with E-state index in [1.807, 2.05) is 53.6 Å². The quantitative estimate of drug-likeness (QED) is 0.553. The lowest BCUT2D eigenvalue weighted by atomic mass is 10.1. The van der Waals surface area contributed by atoms with E-state index in [-0.39, 0.29) is 11.9 Å². The van der Waals surface area contributed by atoms with E-state index >= 15 is 0 Å². The lowest BCUT2D eigenvalue weighted by Gasteiger charge is -2.29. The van der Waals surface area contributed by atoms with Gasteiger partial charge in [-0.15, -0.1) is 11.3 Å². The zero-order chi connectivity index (χ0) is 19.7. The normalized spacial score (nSPS) is 14.7. The smallest absolute Gasteiger partial charge is 0.276 e. The maximum Gasteiger partial charge on any atom is 0.276 e. The Morgan fingerprint density at radius 2 is 2.07 bits per heavy atom. The molecule has 0 aliphatic heterocycles. The molecule has 1 aliphatic rings. The summed E-state index contributed by atoms with van der Waals surface area (Å²) in [5.41, 5.74) is 1.48. The first-order chi connectivity index (χ1) is 13.6. The van der Waals surface area contributed by atoms with Crippen LogP contribution in [0.25, 0.3) is 10.8 Å². The van der Waals surface area contributed by atoms with Crippen molar-refractivity contribution >= 4 is 17.2 Å². The minimum Gasteiger partial charge on any atom is -0.497 e. The van der Waals surface area contributed by atoms with Crippen molar-refractivity contribution in [3.05, 3.63) is 58.8 Å². The lowest BCUT2D eigenvalue weighted by molar-refractivity contribution is 0.0647. The summed E-state index contributed by atoms with van der Waals surface area (Å²) >= 11 is 1.55. The standard InChI is InChI=1S/C22H24N2O3S/c1-14(17-8-9-17)24(13-16-6-10-18(26-3)11-7-16)22(25)20-15(2)27-21(23-20)19-5-4-12-28-19/h4-7,10-12,14,17H,8-9,13H2,1-3H3. The summed E-state index contributed by atoms with van der Waals surface area (Å²) in [6, 6.07) is 11.9. The molecule has 1 amide bonds. The molecule has 1 aliphatic carbocycles. The number of thiophene rings is 1. The predicted molar refractivity (Wildman–Crippen MR) is 110 cm³/mol. The molecule has 0 spiro atoms. The van der Waals surface area contributed by atoms with E-state index in [1.54, 1.807) is 18.4 Å². The van der Waals surface area contributed by atoms with Crippen molar-refractivity contribution in [2.24, 2.45) is 5.92 Å². The van der Waals surface area contributed by atoms with Gasteiger partial charge in [-0.1, -0.05) is 18.2 Å². The van der Waals surface area contributed by atoms with Gasteiger partial charge in [0, 0.05) is 12.6 Å². The van der Waals surface area contributed by atoms with Gasteiger partial charge in [-0.3, -0.25) is 4.79 Å². The summed E-state index contributed by atoms with van der Waals surface area (Å²) in [6.07, 6.45) is 2.34. The fraction of sp³-hybridized carbons (Fsp3) is 0.364. The molecule has 0 N–H and O–H groups in total. The molecule has 0 radical (unpaired) electrons. The van der Waals surface area contributed by atoms with E-state index in [2.05, 4.69) is 11.9 Å². The summed E-state index contributed by atoms with van der Waals surface area (Å²) in [6.45, 7) is 4.49. The molecule has 5 nitrogen and oxygen atoms in total. The van der Waals surface area contributed by atoms with E-state index in [0.717, 1.165) is 16.2 Å². The third-order valence-electron chi connectivity index (χ3n) is 5.30. The number of hydrogen-bond acceptors (Lipinski definition) is 5. The van der Waals surface area contributed by atoms with Crippen molar-refractivity contribution in [3.8, 4) is 16.5 Å². The number of rotatable bonds is 7. The van der Waals surface area contributed by atoms with Gasteiger partial charge < -0.3 is 14.1 Å². The molecular formula is C22H24N2O3S. The first-order valence-corrected chi connectivity index (χ1v) is 10.4. The van der Waals surface area contributed by atoms with Crippen molar-refractivity contribution in [2.45, 2.75) is 39.3 Å². The Balaban J connectivity index is 1.61. The Bertz CT molecular complexity index is 943. The number of aryl methyl sites for hydroxylation is 1. The molecule has 2 aromatic heterocycles. The Morgan fingerprint density at radius 1 is 1.32 bits per heavy atom. The summed E-state index contributed by atoms with van der Waals surface area (Å²) < 4.78 is 11.0. The number of amides is 1. The van der Waals surface area contributed by atoms with Gasteiger partial charge in [0.15, 0.2) is 5.69 Å². The summed E-state index contributed by atoms with van der Waals surface area (Å²) in [7, 11) is 1.65. The Hall–Kier alpha value is -2.60. The van der Waals surface area contributed by atoms with E-state index < -0.39 is 0 Å². The minimum atomic E-state index is -0.0701. The van der Waals surface area contributed by atoms with Crippen LogP contribution in [0.5, 0.6) is 5.75 Å². The number of hydrogen-bond donors (Lipinski definition) is 0. The van der Waals surface area contributed by atoms with Gasteiger partial charge in [-0.05, 0) is 61.7 Å². The highest BCUT2D eigenvalue weighted by atomic mass is 32.1. The van der Waals surface area contributed by atoms with E-state index in [1.165, 1.54) is 12.8 Å². The van der Waals surface area contributed by atoms with Crippen molar-refractivity contribution in [1.82, 2.24) is 9.88 Å². The van der Waals surface area contributed by atoms with Crippen molar-refractivity contribution in [3.63, 3.8) is 0 Å². The molecule has 1 saturated carbocycles. The summed E-state index contributed by atoms with van der Waals surface area (Å²) in [5, 5.41) is 1.97. The maximum atomic E-state index is 13.4. The van der Waals surface area contributed by atoms with Gasteiger partial charge in [0.25, 0.3) is 5.91 Å². The van der Waals surface area contributed by atoms with Crippen LogP contribution in [0, 0.1) is 12.8 Å². The van der Waals surface area contributed by atoms with Crippen molar-refractivity contribution < 1.29 is 13.9 Å². The first-order valence-electron chi connectivity index (χ1n) is 9.52. The molecule has 4 rings (SSSR count). The number of nitrogens with zero attached hydrogens (tertiary/aromatic N) is 2. The second kappa shape index (κ2) is 7.80. The fourth-order valence-electron chi connectivity index (χ4n) is 3.40. The van der Waals surface area contributed by atoms with Crippen molar-refractivity contribution in [2.75, 3.05) is 7.11 Å². The molecule has 1 aromatic carbocycles. The molecular weight excluding hydrogens is 372 g/mol. The summed E-state index contributed by atoms with van der Waals surface area (Å²) in [4.78, 5) is 20.8. The topological polar surface area (TPSA) is 55.6 Å². The maximum absolute atomic E-state index is 13.4. The highest BCUT2D eigenvalue weighted by Crippen LogP contribution is 2.37. The molecule has 1 atom stereocenters. The number of benzene rings is 1. The monoisotopic (exact) mass is 396 g/mol. The van der Waals surface area contributed by atoms with Crippen LogP contribution < -0.4 is 4.74 Å². The Kier molecular flexibility index (Phi) is 5.22. The van der Waals surface area contributed by atoms with Gasteiger partial charge in [0.05, 0.1) is 12.0 Å². The van der Waals surface area contributed by atoms with Gasteiger partial charge >= 0.3 is 0 Å². The van der Waals surface area contributed by atoms with E-state index in [0.29, 0.717) is 29.8 Å². The number of aromatic nitrogens is 1. The Morgan fingerprint density at radius 3 is 2.68 bits per heavy atom. The average Bonchev–Trinajstić information content (AvgIpc) is 3.27. The van der Waals surface area contributed by atoms with E-state index in [4.69, 9.17) is 9.15 Å². The van der Waals surface area contributed by atoms with Gasteiger partial charge in [-0.2, -0.15) is 0 Å². The fourth-order valence-corrected chi connectivity index (χ4v) is 4.05. The molecule has 0 saturated heterocycles. The van der Waals surface area contributed by atoms with Gasteiger partial charge in [0.2, 0.25) is 5.89 Å². The molecule has 1 fully saturated rings. The van der Waals surface area contributed by atoms with Crippen LogP contribution in [0.3, 0.4) is 0 Å². The number of carbonyl (C=O) groups excluding carboxylic acids is 1. The highest BCUT2D eigenvalue weighted by Gasteiger charge is 2.36. The van der Waals surface area contributed by atoms with Gasteiger partial charge in [-0.25, -0.2) is 4.98 Å². The van der Waals surface area contributed by atoms with Gasteiger partial charge in [0.1, 0.15) is 11.5 Å². The van der Waals surface area contributed by atoms with Crippen LogP contribution in [0.4, 0.5) is 0 Å². The zero-order valence-corrected chi connectivity index (χ0v) is 17.2. The molecule has 1 unspecified atom stereocenters. The van der Waals surface area contributed by atoms with Crippen LogP contribution in [-0.2, 0) is 6.54 Å². The molecule has 0 bridgehead atoms. The SMILES string of the molecule is COc1ccc(CN(C(=O)c2nc(-c3cccs3)oc2C)C(C)C2CC2)cc1. The Labute approximate surface area is 169 Å². The molecule has 3 aromatic rings. The predicted octanol–water partition coefficient (Wildman–Crippen LogP) is 5.16. The van der Waals surface area contributed by atoms with Crippen molar-refractivity contribution in [1.29, 1.82) is 0 Å². The van der Waals surface area contributed by atoms with Crippen LogP contribution in [0.2, 0.25) is 0 Å². The molecule has 6 heteroatoms. The molecule has 2 heterocycles. The number of carbonyl (C=O) groups is 1. The molecule has 28 heavy (non-hydrogen) atoms. The average molecular weight is 397 g/mol. The third-order valence-corrected chi connectivity index (χ3v) is 6.16. The minimum absolute atomic E-state index is 0.0701. The van der Waals surface area contributed by atoms with Crippen LogP contribution in [0.1, 0.15) is 41.6 Å². The lowest BCUT2D eigenvalue weighted by Crippen LogP contribution is -2.39. The molecule has 146 valence electrons. The van der Waals surface area contributed by atoms with E-state index in [9.17, 15) is 4.79 Å².